The predicted octanol–water partition coefficient (Wildman–Crippen LogP) is 1.91. The Balaban J connectivity index is 1.84. The average molecular weight is 335 g/mol. The normalized spacial score (nSPS) is 22.3. The van der Waals surface area contributed by atoms with Crippen molar-refractivity contribution < 1.29 is 29.2 Å². The van der Waals surface area contributed by atoms with Crippen molar-refractivity contribution in [2.75, 3.05) is 19.8 Å². The van der Waals surface area contributed by atoms with E-state index in [1.807, 2.05) is 13.0 Å². The Morgan fingerprint density at radius 3 is 3.00 bits per heavy atom. The van der Waals surface area contributed by atoms with Gasteiger partial charge in [-0.25, -0.2) is 0 Å². The molecule has 1 fully saturated rings. The Morgan fingerprint density at radius 2 is 2.25 bits per heavy atom. The van der Waals surface area contributed by atoms with E-state index in [2.05, 4.69) is 0 Å². The van der Waals surface area contributed by atoms with Gasteiger partial charge in [0, 0.05) is 18.7 Å². The second kappa shape index (κ2) is 7.19. The van der Waals surface area contributed by atoms with Crippen molar-refractivity contribution in [3.63, 3.8) is 0 Å². The molecule has 1 aromatic rings. The number of amides is 1. The molecule has 1 N–H and O–H groups in total. The molecule has 0 spiro atoms. The van der Waals surface area contributed by atoms with Gasteiger partial charge in [0.25, 0.3) is 0 Å². The van der Waals surface area contributed by atoms with E-state index < -0.39 is 17.9 Å². The zero-order chi connectivity index (χ0) is 17.1. The highest BCUT2D eigenvalue weighted by Crippen LogP contribution is 2.40. The van der Waals surface area contributed by atoms with E-state index in [-0.39, 0.29) is 12.5 Å². The molecule has 2 unspecified atom stereocenters. The topological polar surface area (TPSA) is 85.3 Å². The lowest BCUT2D eigenvalue weighted by Gasteiger charge is -2.27. The monoisotopic (exact) mass is 335 g/mol. The highest BCUT2D eigenvalue weighted by Gasteiger charge is 2.42. The van der Waals surface area contributed by atoms with Crippen LogP contribution in [0.25, 0.3) is 0 Å². The second-order valence-corrected chi connectivity index (χ2v) is 6.03. The van der Waals surface area contributed by atoms with Crippen molar-refractivity contribution in [3.8, 4) is 5.75 Å². The van der Waals surface area contributed by atoms with Crippen LogP contribution in [0.1, 0.15) is 36.9 Å². The molecule has 7 heteroatoms. The van der Waals surface area contributed by atoms with Crippen LogP contribution in [0.5, 0.6) is 5.75 Å². The lowest BCUT2D eigenvalue weighted by molar-refractivity contribution is -0.194. The summed E-state index contributed by atoms with van der Waals surface area (Å²) in [6.45, 7) is 3.20. The molecule has 130 valence electrons. The van der Waals surface area contributed by atoms with Crippen molar-refractivity contribution in [2.24, 2.45) is 5.92 Å². The first kappa shape index (κ1) is 16.7. The van der Waals surface area contributed by atoms with Crippen molar-refractivity contribution in [1.29, 1.82) is 0 Å². The summed E-state index contributed by atoms with van der Waals surface area (Å²) in [5.41, 5.74) is 1.65. The molecule has 0 aliphatic carbocycles. The number of carboxylic acids is 1. The first-order valence-electron chi connectivity index (χ1n) is 8.14. The third-order valence-electron chi connectivity index (χ3n) is 4.40. The van der Waals surface area contributed by atoms with Crippen molar-refractivity contribution in [2.45, 2.75) is 32.4 Å². The molecule has 24 heavy (non-hydrogen) atoms. The molecule has 1 saturated heterocycles. The first-order valence-corrected chi connectivity index (χ1v) is 8.14. The summed E-state index contributed by atoms with van der Waals surface area (Å²) in [6, 6.07) is 4.92. The van der Waals surface area contributed by atoms with Gasteiger partial charge in [0.1, 0.15) is 13.2 Å². The van der Waals surface area contributed by atoms with E-state index in [1.165, 1.54) is 0 Å². The largest absolute Gasteiger partial charge is 0.481 e. The maximum atomic E-state index is 12.5. The van der Waals surface area contributed by atoms with Crippen molar-refractivity contribution in [3.05, 3.63) is 29.3 Å². The molecule has 0 aromatic heterocycles. The molecule has 1 amide bonds. The summed E-state index contributed by atoms with van der Waals surface area (Å²) in [5.74, 6) is -1.06. The van der Waals surface area contributed by atoms with Crippen LogP contribution in [0.3, 0.4) is 0 Å². The number of hydrogen-bond acceptors (Lipinski definition) is 5. The number of ether oxygens (including phenoxy) is 1. The van der Waals surface area contributed by atoms with Gasteiger partial charge in [0.15, 0.2) is 5.75 Å². The van der Waals surface area contributed by atoms with Gasteiger partial charge in [-0.2, -0.15) is 4.89 Å². The quantitative estimate of drug-likeness (QED) is 0.631. The summed E-state index contributed by atoms with van der Waals surface area (Å²) in [4.78, 5) is 35.7. The van der Waals surface area contributed by atoms with Crippen LogP contribution in [0, 0.1) is 5.92 Å². The van der Waals surface area contributed by atoms with Crippen LogP contribution in [0.15, 0.2) is 18.2 Å². The highest BCUT2D eigenvalue weighted by molar-refractivity contribution is 5.81. The number of nitrogens with zero attached hydrogens (tertiary/aromatic N) is 1. The molecule has 7 nitrogen and oxygen atoms in total. The molecular weight excluding hydrogens is 314 g/mol. The van der Waals surface area contributed by atoms with Crippen LogP contribution >= 0.6 is 0 Å². The maximum Gasteiger partial charge on any atom is 0.309 e. The minimum atomic E-state index is -0.891. The molecule has 0 bridgehead atoms. The van der Waals surface area contributed by atoms with Gasteiger partial charge in [-0.3, -0.25) is 9.59 Å². The summed E-state index contributed by atoms with van der Waals surface area (Å²) in [6.07, 6.45) is 1.27. The Morgan fingerprint density at radius 1 is 1.42 bits per heavy atom. The van der Waals surface area contributed by atoms with Crippen LogP contribution < -0.4 is 4.89 Å². The number of rotatable bonds is 6. The fraction of sp³-hybridized carbons (Fsp3) is 0.529. The van der Waals surface area contributed by atoms with Gasteiger partial charge >= 0.3 is 5.97 Å². The Hall–Kier alpha value is -2.12. The molecule has 1 aromatic carbocycles. The van der Waals surface area contributed by atoms with E-state index in [4.69, 9.17) is 14.5 Å². The zero-order valence-electron chi connectivity index (χ0n) is 13.6. The SMILES string of the molecule is CCCOCC(=O)N1CCC(C(=O)O)C1c1ccc2c(c1)COO2. The number of carboxylic acid groups (broad SMARTS) is 1. The summed E-state index contributed by atoms with van der Waals surface area (Å²) in [7, 11) is 0. The number of likely N-dealkylation sites (tertiary alicyclic amines) is 1. The van der Waals surface area contributed by atoms with E-state index in [0.717, 1.165) is 17.5 Å². The van der Waals surface area contributed by atoms with Gasteiger partial charge in [-0.1, -0.05) is 13.0 Å². The molecule has 0 radical (unpaired) electrons. The fourth-order valence-electron chi connectivity index (χ4n) is 3.26. The smallest absolute Gasteiger partial charge is 0.309 e. The Kier molecular flexibility index (Phi) is 5.01. The molecule has 2 aliphatic heterocycles. The van der Waals surface area contributed by atoms with Gasteiger partial charge < -0.3 is 19.6 Å². The van der Waals surface area contributed by atoms with E-state index >= 15 is 0 Å². The number of benzene rings is 1. The average Bonchev–Trinajstić information content (AvgIpc) is 3.20. The third-order valence-corrected chi connectivity index (χ3v) is 4.40. The number of carbonyl (C=O) groups excluding carboxylic acids is 1. The molecule has 2 aliphatic rings. The van der Waals surface area contributed by atoms with Gasteiger partial charge in [0.05, 0.1) is 12.0 Å². The third kappa shape index (κ3) is 3.22. The van der Waals surface area contributed by atoms with Crippen molar-refractivity contribution >= 4 is 11.9 Å². The molecule has 2 heterocycles. The predicted molar refractivity (Wildman–Crippen MR) is 83.2 cm³/mol. The molecule has 0 saturated carbocycles. The molecule has 3 rings (SSSR count). The van der Waals surface area contributed by atoms with Crippen molar-refractivity contribution in [1.82, 2.24) is 4.90 Å². The number of fused-ring (bicyclic) bond motifs is 1. The maximum absolute atomic E-state index is 12.5. The lowest BCUT2D eigenvalue weighted by Crippen LogP contribution is -2.36. The Labute approximate surface area is 140 Å². The lowest BCUT2D eigenvalue weighted by atomic mass is 9.92. The second-order valence-electron chi connectivity index (χ2n) is 6.03. The summed E-state index contributed by atoms with van der Waals surface area (Å²) in [5, 5.41) is 9.53. The minimum Gasteiger partial charge on any atom is -0.481 e. The summed E-state index contributed by atoms with van der Waals surface area (Å²) >= 11 is 0. The van der Waals surface area contributed by atoms with E-state index in [1.54, 1.807) is 17.0 Å². The standard InChI is InChI=1S/C17H21NO6/c1-2-7-22-10-15(19)18-6-5-13(17(20)21)16(18)11-3-4-14-12(8-11)9-23-24-14/h3-4,8,13,16H,2,5-7,9-10H2,1H3,(H,20,21). The van der Waals surface area contributed by atoms with E-state index in [9.17, 15) is 14.7 Å². The highest BCUT2D eigenvalue weighted by atomic mass is 17.2. The van der Waals surface area contributed by atoms with Gasteiger partial charge in [-0.05, 0) is 30.5 Å². The Bertz CT molecular complexity index is 632. The van der Waals surface area contributed by atoms with Crippen LogP contribution in [-0.4, -0.2) is 41.6 Å². The molecular formula is C17H21NO6. The van der Waals surface area contributed by atoms with Gasteiger partial charge in [-0.15, -0.1) is 0 Å². The number of carbonyl (C=O) groups is 2. The number of hydrogen-bond donors (Lipinski definition) is 1. The fourth-order valence-corrected chi connectivity index (χ4v) is 3.26. The van der Waals surface area contributed by atoms with Crippen LogP contribution in [-0.2, 0) is 25.8 Å². The summed E-state index contributed by atoms with van der Waals surface area (Å²) < 4.78 is 5.33. The van der Waals surface area contributed by atoms with Crippen LogP contribution in [0.4, 0.5) is 0 Å². The first-order chi connectivity index (χ1) is 11.6. The zero-order valence-corrected chi connectivity index (χ0v) is 13.6. The van der Waals surface area contributed by atoms with Gasteiger partial charge in [0.2, 0.25) is 5.91 Å². The van der Waals surface area contributed by atoms with Crippen LogP contribution in [0.2, 0.25) is 0 Å². The minimum absolute atomic E-state index is 0.0200. The van der Waals surface area contributed by atoms with E-state index in [0.29, 0.717) is 31.9 Å². The molecule has 2 atom stereocenters. The number of aliphatic carboxylic acids is 1.